The van der Waals surface area contributed by atoms with Gasteiger partial charge >= 0.3 is 0 Å². The molecule has 2 nitrogen and oxygen atoms in total. The summed E-state index contributed by atoms with van der Waals surface area (Å²) >= 11 is 5.85. The largest absolute Gasteiger partial charge is 0.397 e. The molecule has 0 aromatic heterocycles. The van der Waals surface area contributed by atoms with E-state index >= 15 is 0 Å². The zero-order valence-corrected chi connectivity index (χ0v) is 8.72. The molecule has 2 N–H and O–H groups in total. The van der Waals surface area contributed by atoms with Crippen LogP contribution in [0.25, 0.3) is 0 Å². The lowest BCUT2D eigenvalue weighted by molar-refractivity contribution is 0.388. The van der Waals surface area contributed by atoms with E-state index < -0.39 is 0 Å². The molecule has 0 unspecified atom stereocenters. The fraction of sp³-hybridized carbons (Fsp3) is 0.455. The highest BCUT2D eigenvalue weighted by Gasteiger charge is 2.52. The minimum atomic E-state index is 0.673. The lowest BCUT2D eigenvalue weighted by Crippen LogP contribution is -2.48. The van der Waals surface area contributed by atoms with Crippen LogP contribution in [-0.2, 0) is 0 Å². The predicted octanol–water partition coefficient (Wildman–Crippen LogP) is 2.52. The number of nitrogen functional groups attached to an aromatic ring is 1. The molecule has 0 radical (unpaired) electrons. The first-order valence-electron chi connectivity index (χ1n) is 4.99. The Kier molecular flexibility index (Phi) is 1.55. The van der Waals surface area contributed by atoms with Gasteiger partial charge in [-0.15, -0.1) is 0 Å². The third-order valence-corrected chi connectivity index (χ3v) is 3.58. The van der Waals surface area contributed by atoms with Crippen molar-refractivity contribution in [3.8, 4) is 0 Å². The Hall–Kier alpha value is -0.890. The summed E-state index contributed by atoms with van der Waals surface area (Å²) in [7, 11) is 0. The van der Waals surface area contributed by atoms with Crippen LogP contribution in [0.5, 0.6) is 0 Å². The number of hydrogen-bond donors (Lipinski definition) is 1. The Morgan fingerprint density at radius 2 is 2.00 bits per heavy atom. The molecule has 1 aromatic rings. The third kappa shape index (κ3) is 1.17. The van der Waals surface area contributed by atoms with Crippen molar-refractivity contribution in [3.63, 3.8) is 0 Å². The van der Waals surface area contributed by atoms with E-state index in [-0.39, 0.29) is 0 Å². The second-order valence-electron chi connectivity index (χ2n) is 4.56. The Morgan fingerprint density at radius 3 is 2.57 bits per heavy atom. The summed E-state index contributed by atoms with van der Waals surface area (Å²) in [5, 5.41) is 0.716. The molecule has 1 aromatic carbocycles. The first-order valence-corrected chi connectivity index (χ1v) is 5.36. The van der Waals surface area contributed by atoms with Gasteiger partial charge in [0.05, 0.1) is 11.4 Å². The van der Waals surface area contributed by atoms with Crippen LogP contribution in [0.4, 0.5) is 11.4 Å². The van der Waals surface area contributed by atoms with Crippen molar-refractivity contribution in [1.82, 2.24) is 0 Å². The number of rotatable bonds is 1. The maximum absolute atomic E-state index is 5.91. The fourth-order valence-corrected chi connectivity index (χ4v) is 2.42. The van der Waals surface area contributed by atoms with Gasteiger partial charge in [0.25, 0.3) is 0 Å². The molecular formula is C11H13ClN2. The number of nitrogens with two attached hydrogens (primary N) is 1. The quantitative estimate of drug-likeness (QED) is 0.719. The van der Waals surface area contributed by atoms with Gasteiger partial charge in [-0.1, -0.05) is 11.6 Å². The van der Waals surface area contributed by atoms with Gasteiger partial charge < -0.3 is 10.6 Å². The predicted molar refractivity (Wildman–Crippen MR) is 59.7 cm³/mol. The average Bonchev–Trinajstić information content (AvgIpc) is 2.81. The summed E-state index contributed by atoms with van der Waals surface area (Å²) in [5.74, 6) is 0. The molecule has 3 heteroatoms. The first-order chi connectivity index (χ1) is 6.69. The van der Waals surface area contributed by atoms with E-state index in [1.54, 1.807) is 0 Å². The second kappa shape index (κ2) is 2.57. The van der Waals surface area contributed by atoms with Crippen molar-refractivity contribution >= 4 is 23.0 Å². The number of benzene rings is 1. The van der Waals surface area contributed by atoms with Gasteiger partial charge in [-0.3, -0.25) is 0 Å². The Balaban J connectivity index is 1.83. The van der Waals surface area contributed by atoms with Crippen LogP contribution in [0.2, 0.25) is 5.02 Å². The zero-order chi connectivity index (χ0) is 9.76. The van der Waals surface area contributed by atoms with Crippen LogP contribution >= 0.6 is 11.6 Å². The SMILES string of the molecule is Nc1cc(Cl)ccc1N1CC2(CC2)C1. The Labute approximate surface area is 88.6 Å². The minimum Gasteiger partial charge on any atom is -0.397 e. The lowest BCUT2D eigenvalue weighted by Gasteiger charge is -2.42. The number of hydrogen-bond acceptors (Lipinski definition) is 2. The highest BCUT2D eigenvalue weighted by atomic mass is 35.5. The molecule has 3 rings (SSSR count). The standard InChI is InChI=1S/C11H13ClN2/c12-8-1-2-10(9(13)5-8)14-6-11(7-14)3-4-11/h1-2,5H,3-4,6-7,13H2. The third-order valence-electron chi connectivity index (χ3n) is 3.34. The van der Waals surface area contributed by atoms with Crippen LogP contribution in [-0.4, -0.2) is 13.1 Å². The van der Waals surface area contributed by atoms with Crippen LogP contribution in [0.1, 0.15) is 12.8 Å². The van der Waals surface area contributed by atoms with E-state index in [2.05, 4.69) is 4.90 Å². The van der Waals surface area contributed by atoms with Gasteiger partial charge in [-0.25, -0.2) is 0 Å². The molecule has 14 heavy (non-hydrogen) atoms. The molecule has 1 saturated heterocycles. The maximum Gasteiger partial charge on any atom is 0.0601 e. The molecule has 2 fully saturated rings. The number of anilines is 2. The Bertz CT molecular complexity index is 377. The molecule has 1 heterocycles. The molecule has 1 aliphatic carbocycles. The number of nitrogens with zero attached hydrogens (tertiary/aromatic N) is 1. The first kappa shape index (κ1) is 8.42. The summed E-state index contributed by atoms with van der Waals surface area (Å²) < 4.78 is 0. The zero-order valence-electron chi connectivity index (χ0n) is 7.96. The van der Waals surface area contributed by atoms with Gasteiger partial charge in [0.1, 0.15) is 0 Å². The van der Waals surface area contributed by atoms with Crippen molar-refractivity contribution in [2.75, 3.05) is 23.7 Å². The van der Waals surface area contributed by atoms with E-state index in [4.69, 9.17) is 17.3 Å². The van der Waals surface area contributed by atoms with Crippen LogP contribution in [0.15, 0.2) is 18.2 Å². The van der Waals surface area contributed by atoms with Gasteiger partial charge in [0.15, 0.2) is 0 Å². The van der Waals surface area contributed by atoms with Crippen molar-refractivity contribution < 1.29 is 0 Å². The smallest absolute Gasteiger partial charge is 0.0601 e. The average molecular weight is 209 g/mol. The van der Waals surface area contributed by atoms with Gasteiger partial charge in [-0.2, -0.15) is 0 Å². The van der Waals surface area contributed by atoms with E-state index in [0.717, 1.165) is 11.4 Å². The summed E-state index contributed by atoms with van der Waals surface area (Å²) in [6.45, 7) is 2.36. The molecule has 0 bridgehead atoms. The summed E-state index contributed by atoms with van der Waals surface area (Å²) in [5.41, 5.74) is 8.53. The molecule has 0 amide bonds. The molecule has 1 spiro atoms. The molecule has 1 aliphatic heterocycles. The van der Waals surface area contributed by atoms with Crippen LogP contribution in [0, 0.1) is 5.41 Å². The van der Waals surface area contributed by atoms with E-state index in [9.17, 15) is 0 Å². The number of halogens is 1. The highest BCUT2D eigenvalue weighted by molar-refractivity contribution is 6.31. The maximum atomic E-state index is 5.91. The van der Waals surface area contributed by atoms with Gasteiger partial charge in [0.2, 0.25) is 0 Å². The molecular weight excluding hydrogens is 196 g/mol. The lowest BCUT2D eigenvalue weighted by atomic mass is 9.96. The fourth-order valence-electron chi connectivity index (χ4n) is 2.24. The molecule has 1 saturated carbocycles. The minimum absolute atomic E-state index is 0.673. The monoisotopic (exact) mass is 208 g/mol. The summed E-state index contributed by atoms with van der Waals surface area (Å²) in [6, 6.07) is 5.76. The summed E-state index contributed by atoms with van der Waals surface area (Å²) in [6.07, 6.45) is 2.80. The van der Waals surface area contributed by atoms with Crippen LogP contribution < -0.4 is 10.6 Å². The van der Waals surface area contributed by atoms with Crippen molar-refractivity contribution in [2.45, 2.75) is 12.8 Å². The van der Waals surface area contributed by atoms with Crippen LogP contribution in [0.3, 0.4) is 0 Å². The highest BCUT2D eigenvalue weighted by Crippen LogP contribution is 2.54. The van der Waals surface area contributed by atoms with Crippen molar-refractivity contribution in [1.29, 1.82) is 0 Å². The molecule has 2 aliphatic rings. The van der Waals surface area contributed by atoms with E-state index in [1.165, 1.54) is 25.9 Å². The van der Waals surface area contributed by atoms with Crippen molar-refractivity contribution in [3.05, 3.63) is 23.2 Å². The molecule has 74 valence electrons. The van der Waals surface area contributed by atoms with Gasteiger partial charge in [0, 0.05) is 23.5 Å². The topological polar surface area (TPSA) is 29.3 Å². The normalized spacial score (nSPS) is 22.2. The summed E-state index contributed by atoms with van der Waals surface area (Å²) in [4.78, 5) is 2.35. The molecule has 0 atom stereocenters. The van der Waals surface area contributed by atoms with E-state index in [0.29, 0.717) is 10.4 Å². The van der Waals surface area contributed by atoms with E-state index in [1.807, 2.05) is 18.2 Å². The second-order valence-corrected chi connectivity index (χ2v) is 5.00. The van der Waals surface area contributed by atoms with Crippen molar-refractivity contribution in [2.24, 2.45) is 5.41 Å². The Morgan fingerprint density at radius 1 is 1.29 bits per heavy atom. The van der Waals surface area contributed by atoms with Gasteiger partial charge in [-0.05, 0) is 31.0 Å².